The quantitative estimate of drug-likeness (QED) is 0.530. The first kappa shape index (κ1) is 20.3. The summed E-state index contributed by atoms with van der Waals surface area (Å²) in [4.78, 5) is 15.9. The fourth-order valence-electron chi connectivity index (χ4n) is 11.6. The van der Waals surface area contributed by atoms with Crippen LogP contribution in [-0.2, 0) is 4.74 Å². The zero-order valence-corrected chi connectivity index (χ0v) is 19.9. The van der Waals surface area contributed by atoms with Gasteiger partial charge in [0, 0.05) is 41.2 Å². The average molecular weight is 464 g/mol. The standard InChI is InChI=1S/C28H33NO5/c1-14-17-11-18-21-26-9-5-8-25(2)13-29(21)28(32,24(25)26)12-27(18,22(14)30)20(26)19(17)34-23(31)15-6-4-7-16(10-15)33-3/h4,6-7,10,17-22,24,30,32H,1,5,8-9,11-13H2,2-3H3/t17-,18-,19+,20+,21-,22-,24-,25+,26+,27-,28-/m1/s1. The number of piperidine rings is 2. The zero-order valence-electron chi connectivity index (χ0n) is 19.9. The summed E-state index contributed by atoms with van der Waals surface area (Å²) in [6.07, 6.45) is 3.88. The number of ether oxygens (including phenoxy) is 2. The van der Waals surface area contributed by atoms with Crippen molar-refractivity contribution in [3.05, 3.63) is 42.0 Å². The Balaban J connectivity index is 1.28. The molecule has 9 fully saturated rings. The largest absolute Gasteiger partial charge is 0.497 e. The molecule has 6 aliphatic carbocycles. The van der Waals surface area contributed by atoms with Crippen LogP contribution >= 0.6 is 0 Å². The van der Waals surface area contributed by atoms with Gasteiger partial charge in [0.15, 0.2) is 0 Å². The highest BCUT2D eigenvalue weighted by Crippen LogP contribution is 2.89. The maximum Gasteiger partial charge on any atom is 0.338 e. The highest BCUT2D eigenvalue weighted by Gasteiger charge is 2.93. The van der Waals surface area contributed by atoms with Crippen molar-refractivity contribution in [3.63, 3.8) is 0 Å². The number of carbonyl (C=O) groups is 1. The average Bonchev–Trinajstić information content (AvgIpc) is 3.18. The Hall–Kier alpha value is -1.89. The molecule has 1 aromatic carbocycles. The van der Waals surface area contributed by atoms with Crippen molar-refractivity contribution in [2.24, 2.45) is 39.9 Å². The van der Waals surface area contributed by atoms with Crippen LogP contribution in [0.3, 0.4) is 0 Å². The Morgan fingerprint density at radius 2 is 2.09 bits per heavy atom. The van der Waals surface area contributed by atoms with E-state index >= 15 is 0 Å². The third-order valence-electron chi connectivity index (χ3n) is 11.9. The van der Waals surface area contributed by atoms with Crippen LogP contribution in [0.4, 0.5) is 0 Å². The van der Waals surface area contributed by atoms with E-state index in [2.05, 4.69) is 18.4 Å². The lowest BCUT2D eigenvalue weighted by Crippen LogP contribution is -2.72. The van der Waals surface area contributed by atoms with E-state index < -0.39 is 17.2 Å². The summed E-state index contributed by atoms with van der Waals surface area (Å²) in [6.45, 7) is 7.65. The van der Waals surface area contributed by atoms with Crippen LogP contribution in [-0.4, -0.2) is 58.7 Å². The van der Waals surface area contributed by atoms with E-state index in [-0.39, 0.29) is 46.7 Å². The number of aliphatic hydroxyl groups excluding tert-OH is 1. The number of methoxy groups -OCH3 is 1. The number of aliphatic hydroxyl groups is 2. The molecule has 2 spiro atoms. The Kier molecular flexibility index (Phi) is 3.43. The fraction of sp³-hybridized carbons (Fsp3) is 0.679. The summed E-state index contributed by atoms with van der Waals surface area (Å²) in [5, 5.41) is 23.9. The first-order valence-corrected chi connectivity index (χ1v) is 12.9. The first-order chi connectivity index (χ1) is 16.2. The molecule has 3 heterocycles. The Morgan fingerprint density at radius 1 is 1.26 bits per heavy atom. The summed E-state index contributed by atoms with van der Waals surface area (Å²) in [7, 11) is 1.59. The van der Waals surface area contributed by atoms with Crippen molar-refractivity contribution in [1.82, 2.24) is 4.90 Å². The van der Waals surface area contributed by atoms with Crippen LogP contribution < -0.4 is 4.74 Å². The number of hydrogen-bond donors (Lipinski definition) is 2. The number of nitrogens with zero attached hydrogens (tertiary/aromatic N) is 1. The maximum absolute atomic E-state index is 13.5. The van der Waals surface area contributed by atoms with Gasteiger partial charge >= 0.3 is 5.97 Å². The fourth-order valence-corrected chi connectivity index (χ4v) is 11.6. The molecular weight excluding hydrogens is 430 g/mol. The molecule has 12 atom stereocenters. The molecule has 0 aromatic heterocycles. The SMILES string of the molecule is C=C1[C@H]2C[C@@H]3[C@H]4N5C[C@]6(C)CCC[C@]47[C@H]([C@H]2OC(=O)c2cccc(OC)c2)[C@]3(C[C@@]5(O)[C@H]67)[C@@H]1O. The third-order valence-corrected chi connectivity index (χ3v) is 11.9. The number of carbonyl (C=O) groups excluding carboxylic acids is 1. The Bertz CT molecular complexity index is 1170. The summed E-state index contributed by atoms with van der Waals surface area (Å²) in [6, 6.07) is 7.41. The minimum atomic E-state index is -0.848. The first-order valence-electron chi connectivity index (χ1n) is 12.9. The van der Waals surface area contributed by atoms with Crippen LogP contribution in [0.25, 0.3) is 0 Å². The van der Waals surface area contributed by atoms with Crippen LogP contribution in [0, 0.1) is 39.9 Å². The molecule has 34 heavy (non-hydrogen) atoms. The van der Waals surface area contributed by atoms with Gasteiger partial charge in [0.25, 0.3) is 0 Å². The summed E-state index contributed by atoms with van der Waals surface area (Å²) >= 11 is 0. The van der Waals surface area contributed by atoms with E-state index in [0.717, 1.165) is 37.8 Å². The van der Waals surface area contributed by atoms with Crippen molar-refractivity contribution in [2.75, 3.05) is 13.7 Å². The van der Waals surface area contributed by atoms with Gasteiger partial charge in [-0.3, -0.25) is 4.90 Å². The second kappa shape index (κ2) is 5.74. The van der Waals surface area contributed by atoms with Crippen LogP contribution in [0.2, 0.25) is 0 Å². The van der Waals surface area contributed by atoms with Gasteiger partial charge in [-0.05, 0) is 60.8 Å². The molecule has 9 aliphatic rings. The Morgan fingerprint density at radius 3 is 2.88 bits per heavy atom. The maximum atomic E-state index is 13.5. The normalized spacial score (nSPS) is 56.8. The van der Waals surface area contributed by atoms with Gasteiger partial charge in [0.1, 0.15) is 17.6 Å². The molecule has 180 valence electrons. The second-order valence-electron chi connectivity index (χ2n) is 12.8. The molecule has 0 amide bonds. The molecule has 6 nitrogen and oxygen atoms in total. The monoisotopic (exact) mass is 463 g/mol. The molecule has 9 bridgehead atoms. The van der Waals surface area contributed by atoms with Gasteiger partial charge in [-0.1, -0.05) is 26.0 Å². The van der Waals surface area contributed by atoms with E-state index in [1.807, 2.05) is 12.1 Å². The van der Waals surface area contributed by atoms with Crippen molar-refractivity contribution in [1.29, 1.82) is 0 Å². The lowest BCUT2D eigenvalue weighted by atomic mass is 9.39. The number of fused-ring (bicyclic) bond motifs is 1. The third kappa shape index (κ3) is 1.80. The number of hydrogen-bond acceptors (Lipinski definition) is 6. The van der Waals surface area contributed by atoms with Crippen LogP contribution in [0.5, 0.6) is 5.75 Å². The lowest BCUT2D eigenvalue weighted by molar-refractivity contribution is -0.271. The molecular formula is C28H33NO5. The van der Waals surface area contributed by atoms with E-state index in [4.69, 9.17) is 9.47 Å². The predicted octanol–water partition coefficient (Wildman–Crippen LogP) is 2.99. The van der Waals surface area contributed by atoms with Gasteiger partial charge in [0.2, 0.25) is 0 Å². The van der Waals surface area contributed by atoms with Gasteiger partial charge in [-0.15, -0.1) is 0 Å². The van der Waals surface area contributed by atoms with E-state index in [9.17, 15) is 15.0 Å². The number of rotatable bonds is 3. The lowest BCUT2D eigenvalue weighted by Gasteiger charge is -2.67. The molecule has 0 radical (unpaired) electrons. The minimum Gasteiger partial charge on any atom is -0.497 e. The second-order valence-corrected chi connectivity index (χ2v) is 12.8. The topological polar surface area (TPSA) is 79.2 Å². The van der Waals surface area contributed by atoms with E-state index in [0.29, 0.717) is 23.7 Å². The van der Waals surface area contributed by atoms with Crippen molar-refractivity contribution < 1.29 is 24.5 Å². The molecule has 2 N–H and O–H groups in total. The van der Waals surface area contributed by atoms with Gasteiger partial charge in [-0.25, -0.2) is 4.79 Å². The van der Waals surface area contributed by atoms with Gasteiger partial charge in [-0.2, -0.15) is 0 Å². The zero-order chi connectivity index (χ0) is 23.4. The van der Waals surface area contributed by atoms with Crippen LogP contribution in [0.1, 0.15) is 49.4 Å². The van der Waals surface area contributed by atoms with Gasteiger partial charge in [0.05, 0.1) is 18.8 Å². The molecule has 3 saturated heterocycles. The number of esters is 1. The molecule has 3 aliphatic heterocycles. The van der Waals surface area contributed by atoms with Crippen LogP contribution in [0.15, 0.2) is 36.4 Å². The van der Waals surface area contributed by atoms with Gasteiger partial charge < -0.3 is 19.7 Å². The summed E-state index contributed by atoms with van der Waals surface area (Å²) in [5.74, 6) is 0.863. The smallest absolute Gasteiger partial charge is 0.338 e. The number of benzene rings is 1. The van der Waals surface area contributed by atoms with Crippen molar-refractivity contribution in [2.45, 2.75) is 63.0 Å². The summed E-state index contributed by atoms with van der Waals surface area (Å²) < 4.78 is 11.8. The minimum absolute atomic E-state index is 0.0265. The molecule has 1 unspecified atom stereocenters. The molecule has 6 heteroatoms. The van der Waals surface area contributed by atoms with E-state index in [1.165, 1.54) is 0 Å². The highest BCUT2D eigenvalue weighted by atomic mass is 16.5. The van der Waals surface area contributed by atoms with Crippen molar-refractivity contribution >= 4 is 5.97 Å². The van der Waals surface area contributed by atoms with E-state index in [1.54, 1.807) is 19.2 Å². The van der Waals surface area contributed by atoms with Crippen molar-refractivity contribution in [3.8, 4) is 5.75 Å². The molecule has 1 aromatic rings. The Labute approximate surface area is 199 Å². The summed E-state index contributed by atoms with van der Waals surface area (Å²) in [5.41, 5.74) is -0.00831. The molecule has 10 rings (SSSR count). The highest BCUT2D eigenvalue weighted by molar-refractivity contribution is 5.90. The predicted molar refractivity (Wildman–Crippen MR) is 123 cm³/mol. The molecule has 6 saturated carbocycles.